The molecule has 0 unspecified atom stereocenters. The molecular formula is C26H26N4O2. The van der Waals surface area contributed by atoms with Crippen molar-refractivity contribution >= 4 is 16.8 Å². The van der Waals surface area contributed by atoms with Gasteiger partial charge in [0.1, 0.15) is 11.4 Å². The number of rotatable bonds is 8. The number of benzene rings is 2. The van der Waals surface area contributed by atoms with Gasteiger partial charge in [-0.2, -0.15) is 0 Å². The van der Waals surface area contributed by atoms with Crippen LogP contribution in [0.5, 0.6) is 5.75 Å². The predicted molar refractivity (Wildman–Crippen MR) is 125 cm³/mol. The van der Waals surface area contributed by atoms with Gasteiger partial charge < -0.3 is 14.6 Å². The number of methoxy groups -OCH3 is 1. The van der Waals surface area contributed by atoms with Crippen LogP contribution in [0.15, 0.2) is 67.1 Å². The molecule has 1 fully saturated rings. The van der Waals surface area contributed by atoms with Crippen LogP contribution in [0.25, 0.3) is 22.2 Å². The van der Waals surface area contributed by atoms with Gasteiger partial charge in [0.05, 0.1) is 12.6 Å². The van der Waals surface area contributed by atoms with E-state index in [4.69, 9.17) is 4.74 Å². The molecule has 0 bridgehead atoms. The van der Waals surface area contributed by atoms with E-state index in [1.807, 2.05) is 53.6 Å². The van der Waals surface area contributed by atoms with Gasteiger partial charge in [-0.25, -0.2) is 4.98 Å². The van der Waals surface area contributed by atoms with Crippen LogP contribution in [-0.4, -0.2) is 46.0 Å². The van der Waals surface area contributed by atoms with Crippen LogP contribution in [0.3, 0.4) is 0 Å². The second kappa shape index (κ2) is 8.83. The SMILES string of the molecule is COc1cccc2c(CCN(CC3CC3)C(=O)c3nccnc3-c3ccccc3)c[nH]c12. The van der Waals surface area contributed by atoms with Gasteiger partial charge in [0.25, 0.3) is 5.91 Å². The summed E-state index contributed by atoms with van der Waals surface area (Å²) in [4.78, 5) is 27.8. The highest BCUT2D eigenvalue weighted by molar-refractivity contribution is 5.98. The van der Waals surface area contributed by atoms with Crippen LogP contribution >= 0.6 is 0 Å². The van der Waals surface area contributed by atoms with E-state index in [-0.39, 0.29) is 5.91 Å². The van der Waals surface area contributed by atoms with Crippen LogP contribution < -0.4 is 4.74 Å². The molecule has 2 heterocycles. The van der Waals surface area contributed by atoms with Crippen LogP contribution in [0.4, 0.5) is 0 Å². The molecule has 6 heteroatoms. The summed E-state index contributed by atoms with van der Waals surface area (Å²) in [5.74, 6) is 1.35. The zero-order valence-electron chi connectivity index (χ0n) is 18.1. The number of nitrogens with zero attached hydrogens (tertiary/aromatic N) is 3. The normalized spacial score (nSPS) is 13.3. The van der Waals surface area contributed by atoms with E-state index >= 15 is 0 Å². The lowest BCUT2D eigenvalue weighted by Crippen LogP contribution is -2.35. The van der Waals surface area contributed by atoms with Crippen LogP contribution in [0.2, 0.25) is 0 Å². The Morgan fingerprint density at radius 3 is 2.69 bits per heavy atom. The summed E-state index contributed by atoms with van der Waals surface area (Å²) in [5, 5.41) is 1.13. The second-order valence-corrected chi connectivity index (χ2v) is 8.26. The number of aromatic nitrogens is 3. The number of amides is 1. The van der Waals surface area contributed by atoms with Crippen molar-refractivity contribution in [1.29, 1.82) is 0 Å². The molecule has 1 saturated carbocycles. The molecule has 5 rings (SSSR count). The van der Waals surface area contributed by atoms with Crippen molar-refractivity contribution in [2.75, 3.05) is 20.2 Å². The van der Waals surface area contributed by atoms with Gasteiger partial charge in [0, 0.05) is 42.6 Å². The maximum absolute atomic E-state index is 13.6. The van der Waals surface area contributed by atoms with Crippen molar-refractivity contribution in [2.24, 2.45) is 5.92 Å². The van der Waals surface area contributed by atoms with Crippen molar-refractivity contribution < 1.29 is 9.53 Å². The van der Waals surface area contributed by atoms with Crippen molar-refractivity contribution in [3.8, 4) is 17.0 Å². The Balaban J connectivity index is 1.41. The van der Waals surface area contributed by atoms with E-state index in [1.165, 1.54) is 18.4 Å². The zero-order chi connectivity index (χ0) is 21.9. The summed E-state index contributed by atoms with van der Waals surface area (Å²) in [6, 6.07) is 15.8. The molecule has 4 aromatic rings. The predicted octanol–water partition coefficient (Wildman–Crippen LogP) is 4.73. The van der Waals surface area contributed by atoms with Crippen molar-refractivity contribution in [3.05, 3.63) is 78.4 Å². The first kappa shape index (κ1) is 20.2. The van der Waals surface area contributed by atoms with Gasteiger partial charge in [0.15, 0.2) is 5.69 Å². The Bertz CT molecular complexity index is 1230. The smallest absolute Gasteiger partial charge is 0.274 e. The fourth-order valence-electron chi connectivity index (χ4n) is 4.16. The highest BCUT2D eigenvalue weighted by Crippen LogP contribution is 2.31. The first-order valence-corrected chi connectivity index (χ1v) is 11.0. The van der Waals surface area contributed by atoms with E-state index < -0.39 is 0 Å². The van der Waals surface area contributed by atoms with Crippen LogP contribution in [-0.2, 0) is 6.42 Å². The van der Waals surface area contributed by atoms with E-state index in [0.717, 1.165) is 35.2 Å². The quantitative estimate of drug-likeness (QED) is 0.442. The summed E-state index contributed by atoms with van der Waals surface area (Å²) in [5.41, 5.74) is 4.12. The first-order valence-electron chi connectivity index (χ1n) is 11.0. The Morgan fingerprint density at radius 2 is 1.91 bits per heavy atom. The molecule has 162 valence electrons. The monoisotopic (exact) mass is 426 g/mol. The highest BCUT2D eigenvalue weighted by Gasteiger charge is 2.29. The third-order valence-electron chi connectivity index (χ3n) is 6.04. The molecule has 0 radical (unpaired) electrons. The van der Waals surface area contributed by atoms with Gasteiger partial charge in [-0.1, -0.05) is 42.5 Å². The minimum Gasteiger partial charge on any atom is -0.495 e. The number of H-pyrrole nitrogens is 1. The van der Waals surface area contributed by atoms with E-state index in [2.05, 4.69) is 21.0 Å². The third kappa shape index (κ3) is 4.08. The molecule has 0 atom stereocenters. The maximum Gasteiger partial charge on any atom is 0.274 e. The second-order valence-electron chi connectivity index (χ2n) is 8.26. The number of fused-ring (bicyclic) bond motifs is 1. The number of para-hydroxylation sites is 1. The van der Waals surface area contributed by atoms with Crippen LogP contribution in [0.1, 0.15) is 28.9 Å². The molecule has 1 aliphatic rings. The largest absolute Gasteiger partial charge is 0.495 e. The molecule has 0 aliphatic heterocycles. The molecule has 2 aromatic carbocycles. The molecule has 1 N–H and O–H groups in total. The summed E-state index contributed by atoms with van der Waals surface area (Å²) < 4.78 is 5.47. The third-order valence-corrected chi connectivity index (χ3v) is 6.04. The zero-order valence-corrected chi connectivity index (χ0v) is 18.1. The van der Waals surface area contributed by atoms with Crippen molar-refractivity contribution in [3.63, 3.8) is 0 Å². The van der Waals surface area contributed by atoms with Gasteiger partial charge in [-0.15, -0.1) is 0 Å². The number of nitrogens with one attached hydrogen (secondary N) is 1. The highest BCUT2D eigenvalue weighted by atomic mass is 16.5. The first-order chi connectivity index (χ1) is 15.7. The Morgan fingerprint density at radius 1 is 1.09 bits per heavy atom. The van der Waals surface area contributed by atoms with Crippen LogP contribution in [0, 0.1) is 5.92 Å². The van der Waals surface area contributed by atoms with Crippen molar-refractivity contribution in [1.82, 2.24) is 19.9 Å². The maximum atomic E-state index is 13.6. The summed E-state index contributed by atoms with van der Waals surface area (Å²) in [7, 11) is 1.68. The fraction of sp³-hybridized carbons (Fsp3) is 0.269. The number of carbonyl (C=O) groups is 1. The van der Waals surface area contributed by atoms with E-state index in [9.17, 15) is 4.79 Å². The Hall–Kier alpha value is -3.67. The number of aromatic amines is 1. The topological polar surface area (TPSA) is 71.1 Å². The fourth-order valence-corrected chi connectivity index (χ4v) is 4.16. The number of hydrogen-bond acceptors (Lipinski definition) is 4. The molecule has 1 amide bonds. The summed E-state index contributed by atoms with van der Waals surface area (Å²) in [6.07, 6.45) is 8.38. The average molecular weight is 427 g/mol. The standard InChI is InChI=1S/C26H26N4O2/c1-32-22-9-5-8-21-20(16-29-24(21)22)12-15-30(17-18-10-11-18)26(31)25-23(27-13-14-28-25)19-6-3-2-4-7-19/h2-9,13-14,16,18,29H,10-12,15,17H2,1H3. The van der Waals surface area contributed by atoms with Gasteiger partial charge in [0.2, 0.25) is 0 Å². The molecule has 1 aliphatic carbocycles. The number of carbonyl (C=O) groups excluding carboxylic acids is 1. The number of ether oxygens (including phenoxy) is 1. The van der Waals surface area contributed by atoms with Gasteiger partial charge >= 0.3 is 0 Å². The number of hydrogen-bond donors (Lipinski definition) is 1. The molecule has 32 heavy (non-hydrogen) atoms. The van der Waals surface area contributed by atoms with Crippen molar-refractivity contribution in [2.45, 2.75) is 19.3 Å². The minimum atomic E-state index is -0.0544. The van der Waals surface area contributed by atoms with Gasteiger partial charge in [-0.3, -0.25) is 9.78 Å². The lowest BCUT2D eigenvalue weighted by molar-refractivity contribution is 0.0744. The van der Waals surface area contributed by atoms with Gasteiger partial charge in [-0.05, 0) is 36.8 Å². The summed E-state index contributed by atoms with van der Waals surface area (Å²) >= 11 is 0. The lowest BCUT2D eigenvalue weighted by atomic mass is 10.1. The van der Waals surface area contributed by atoms with E-state index in [0.29, 0.717) is 23.9 Å². The minimum absolute atomic E-state index is 0.0544. The lowest BCUT2D eigenvalue weighted by Gasteiger charge is -2.23. The summed E-state index contributed by atoms with van der Waals surface area (Å²) in [6.45, 7) is 1.39. The molecule has 2 aromatic heterocycles. The van der Waals surface area contributed by atoms with E-state index in [1.54, 1.807) is 19.5 Å². The molecule has 6 nitrogen and oxygen atoms in total. The molecular weight excluding hydrogens is 400 g/mol. The molecule has 0 saturated heterocycles. The average Bonchev–Trinajstić information content (AvgIpc) is 3.58. The Kier molecular flexibility index (Phi) is 5.58. The molecule has 0 spiro atoms. The Labute approximate surface area is 187 Å².